The predicted octanol–water partition coefficient (Wildman–Crippen LogP) is 1.06. The number of sulfonamides is 1. The van der Waals surface area contributed by atoms with Gasteiger partial charge in [0.1, 0.15) is 0 Å². The van der Waals surface area contributed by atoms with Crippen molar-refractivity contribution in [1.29, 1.82) is 0 Å². The molecule has 1 aromatic rings. The molecule has 0 saturated carbocycles. The van der Waals surface area contributed by atoms with E-state index in [1.165, 1.54) is 0 Å². The van der Waals surface area contributed by atoms with Gasteiger partial charge in [0.2, 0.25) is 10.0 Å². The number of amides is 2. The normalized spacial score (nSPS) is 11.1. The van der Waals surface area contributed by atoms with Crippen LogP contribution >= 0.6 is 11.6 Å². The Morgan fingerprint density at radius 1 is 1.44 bits per heavy atom. The molecule has 1 rings (SSSR count). The monoisotopic (exact) mass is 291 g/mol. The number of hydrogen-bond acceptors (Lipinski definition) is 3. The molecule has 0 aliphatic heterocycles. The van der Waals surface area contributed by atoms with E-state index in [1.54, 1.807) is 18.2 Å². The van der Waals surface area contributed by atoms with E-state index in [0.29, 0.717) is 10.7 Å². The first-order valence-corrected chi connectivity index (χ1v) is 7.19. The van der Waals surface area contributed by atoms with Gasteiger partial charge in [0.05, 0.1) is 5.75 Å². The quantitative estimate of drug-likeness (QED) is 0.773. The molecule has 0 aromatic heterocycles. The topological polar surface area (TPSA) is 101 Å². The van der Waals surface area contributed by atoms with E-state index in [4.69, 9.17) is 16.7 Å². The summed E-state index contributed by atoms with van der Waals surface area (Å²) in [5.74, 6) is -0.310. The Labute approximate surface area is 111 Å². The van der Waals surface area contributed by atoms with Crippen molar-refractivity contribution in [3.63, 3.8) is 0 Å². The van der Waals surface area contributed by atoms with Crippen LogP contribution in [-0.4, -0.2) is 26.7 Å². The number of nitrogens with one attached hydrogen (secondary N) is 2. The third-order valence-corrected chi connectivity index (χ3v) is 3.28. The van der Waals surface area contributed by atoms with Gasteiger partial charge in [0, 0.05) is 17.3 Å². The van der Waals surface area contributed by atoms with Crippen LogP contribution in [0.1, 0.15) is 5.56 Å². The van der Waals surface area contributed by atoms with Gasteiger partial charge < -0.3 is 10.6 Å². The van der Waals surface area contributed by atoms with Crippen molar-refractivity contribution in [1.82, 2.24) is 5.32 Å². The van der Waals surface area contributed by atoms with Crippen LogP contribution in [0.5, 0.6) is 0 Å². The molecule has 0 unspecified atom stereocenters. The fourth-order valence-electron chi connectivity index (χ4n) is 1.15. The molecular formula is C10H14ClN3O3S. The summed E-state index contributed by atoms with van der Waals surface area (Å²) >= 11 is 5.89. The first-order valence-electron chi connectivity index (χ1n) is 5.09. The zero-order valence-corrected chi connectivity index (χ0v) is 11.3. The van der Waals surface area contributed by atoms with Crippen LogP contribution in [0.15, 0.2) is 18.2 Å². The molecule has 0 aliphatic carbocycles. The fraction of sp³-hybridized carbons (Fsp3) is 0.300. The van der Waals surface area contributed by atoms with E-state index < -0.39 is 16.1 Å². The Morgan fingerprint density at radius 2 is 2.11 bits per heavy atom. The molecule has 2 amide bonds. The van der Waals surface area contributed by atoms with Crippen molar-refractivity contribution in [3.8, 4) is 0 Å². The highest BCUT2D eigenvalue weighted by atomic mass is 35.5. The van der Waals surface area contributed by atoms with Crippen LogP contribution in [0, 0.1) is 6.92 Å². The predicted molar refractivity (Wildman–Crippen MR) is 71.2 cm³/mol. The first kappa shape index (κ1) is 14.7. The zero-order valence-electron chi connectivity index (χ0n) is 9.73. The maximum atomic E-state index is 11.4. The minimum Gasteiger partial charge on any atom is -0.337 e. The van der Waals surface area contributed by atoms with Gasteiger partial charge in [0.15, 0.2) is 0 Å². The number of benzene rings is 1. The number of carbonyl (C=O) groups is 1. The highest BCUT2D eigenvalue weighted by molar-refractivity contribution is 7.89. The summed E-state index contributed by atoms with van der Waals surface area (Å²) in [5.41, 5.74) is 1.43. The summed E-state index contributed by atoms with van der Waals surface area (Å²) in [6.45, 7) is 1.79. The van der Waals surface area contributed by atoms with Crippen molar-refractivity contribution < 1.29 is 13.2 Å². The van der Waals surface area contributed by atoms with Gasteiger partial charge in [-0.25, -0.2) is 18.4 Å². The minimum absolute atomic E-state index is 0.0513. The lowest BCUT2D eigenvalue weighted by Crippen LogP contribution is -2.34. The van der Waals surface area contributed by atoms with Gasteiger partial charge in [0.25, 0.3) is 0 Å². The SMILES string of the molecule is Cc1ccc(NC(=O)NCCS(N)(=O)=O)cc1Cl. The molecule has 4 N–H and O–H groups in total. The molecule has 0 heterocycles. The summed E-state index contributed by atoms with van der Waals surface area (Å²) in [5, 5.41) is 10.2. The first-order chi connectivity index (χ1) is 8.28. The molecular weight excluding hydrogens is 278 g/mol. The molecule has 0 fully saturated rings. The molecule has 18 heavy (non-hydrogen) atoms. The highest BCUT2D eigenvalue weighted by Gasteiger charge is 2.06. The minimum atomic E-state index is -3.57. The second-order valence-electron chi connectivity index (χ2n) is 3.71. The molecule has 0 bridgehead atoms. The van der Waals surface area contributed by atoms with Crippen molar-refractivity contribution in [2.24, 2.45) is 5.14 Å². The fourth-order valence-corrected chi connectivity index (χ4v) is 1.72. The number of anilines is 1. The van der Waals surface area contributed by atoms with Crippen LogP contribution < -0.4 is 15.8 Å². The molecule has 0 aliphatic rings. The largest absolute Gasteiger partial charge is 0.337 e. The number of aryl methyl sites for hydroxylation is 1. The van der Waals surface area contributed by atoms with E-state index in [9.17, 15) is 13.2 Å². The summed E-state index contributed by atoms with van der Waals surface area (Å²) < 4.78 is 21.3. The lowest BCUT2D eigenvalue weighted by molar-refractivity contribution is 0.252. The Hall–Kier alpha value is -1.31. The number of rotatable bonds is 4. The molecule has 0 atom stereocenters. The second kappa shape index (κ2) is 6.03. The second-order valence-corrected chi connectivity index (χ2v) is 5.85. The Kier molecular flexibility index (Phi) is 4.94. The number of nitrogens with two attached hydrogens (primary N) is 1. The van der Waals surface area contributed by atoms with Crippen LogP contribution in [-0.2, 0) is 10.0 Å². The standard InChI is InChI=1S/C10H14ClN3O3S/c1-7-2-3-8(6-9(7)11)14-10(15)13-4-5-18(12,16)17/h2-3,6H,4-5H2,1H3,(H2,12,16,17)(H2,13,14,15). The van der Waals surface area contributed by atoms with Crippen molar-refractivity contribution >= 4 is 33.3 Å². The van der Waals surface area contributed by atoms with Gasteiger partial charge in [-0.05, 0) is 24.6 Å². The molecule has 0 radical (unpaired) electrons. The number of halogens is 1. The number of primary sulfonamides is 1. The summed E-state index contributed by atoms with van der Waals surface area (Å²) in [6.07, 6.45) is 0. The van der Waals surface area contributed by atoms with E-state index in [-0.39, 0.29) is 12.3 Å². The summed E-state index contributed by atoms with van der Waals surface area (Å²) in [6, 6.07) is 4.55. The lowest BCUT2D eigenvalue weighted by Gasteiger charge is -2.08. The third-order valence-electron chi connectivity index (χ3n) is 2.10. The Bertz CT molecular complexity index is 545. The molecule has 0 spiro atoms. The molecule has 8 heteroatoms. The molecule has 0 saturated heterocycles. The number of hydrogen-bond donors (Lipinski definition) is 3. The van der Waals surface area contributed by atoms with Crippen molar-refractivity contribution in [2.75, 3.05) is 17.6 Å². The van der Waals surface area contributed by atoms with E-state index in [0.717, 1.165) is 5.56 Å². The van der Waals surface area contributed by atoms with Gasteiger partial charge in [-0.3, -0.25) is 0 Å². The molecule has 6 nitrogen and oxygen atoms in total. The van der Waals surface area contributed by atoms with Gasteiger partial charge in [-0.2, -0.15) is 0 Å². The molecule has 100 valence electrons. The zero-order chi connectivity index (χ0) is 13.8. The van der Waals surface area contributed by atoms with Crippen LogP contribution in [0.2, 0.25) is 5.02 Å². The third kappa shape index (κ3) is 5.35. The van der Waals surface area contributed by atoms with E-state index in [2.05, 4.69) is 10.6 Å². The Morgan fingerprint density at radius 3 is 2.67 bits per heavy atom. The maximum Gasteiger partial charge on any atom is 0.319 e. The molecule has 1 aromatic carbocycles. The van der Waals surface area contributed by atoms with E-state index >= 15 is 0 Å². The van der Waals surface area contributed by atoms with Crippen LogP contribution in [0.25, 0.3) is 0 Å². The maximum absolute atomic E-state index is 11.4. The van der Waals surface area contributed by atoms with Gasteiger partial charge in [-0.15, -0.1) is 0 Å². The summed E-state index contributed by atoms with van der Waals surface area (Å²) in [4.78, 5) is 11.4. The van der Waals surface area contributed by atoms with Gasteiger partial charge in [-0.1, -0.05) is 17.7 Å². The van der Waals surface area contributed by atoms with Gasteiger partial charge >= 0.3 is 6.03 Å². The highest BCUT2D eigenvalue weighted by Crippen LogP contribution is 2.19. The summed E-state index contributed by atoms with van der Waals surface area (Å²) in [7, 11) is -3.57. The van der Waals surface area contributed by atoms with Crippen LogP contribution in [0.4, 0.5) is 10.5 Å². The van der Waals surface area contributed by atoms with E-state index in [1.807, 2.05) is 6.92 Å². The van der Waals surface area contributed by atoms with Crippen LogP contribution in [0.3, 0.4) is 0 Å². The lowest BCUT2D eigenvalue weighted by atomic mass is 10.2. The smallest absolute Gasteiger partial charge is 0.319 e. The number of carbonyl (C=O) groups excluding carboxylic acids is 1. The average Bonchev–Trinajstić information content (AvgIpc) is 2.21. The Balaban J connectivity index is 2.47. The van der Waals surface area contributed by atoms with Crippen molar-refractivity contribution in [2.45, 2.75) is 6.92 Å². The average molecular weight is 292 g/mol. The van der Waals surface area contributed by atoms with Crippen molar-refractivity contribution in [3.05, 3.63) is 28.8 Å². The number of urea groups is 1.